The van der Waals surface area contributed by atoms with E-state index in [9.17, 15) is 14.6 Å². The summed E-state index contributed by atoms with van der Waals surface area (Å²) in [5.41, 5.74) is 4.31. The van der Waals surface area contributed by atoms with Gasteiger partial charge in [-0.05, 0) is 65.7 Å². The van der Waals surface area contributed by atoms with Crippen LogP contribution in [0.2, 0.25) is 0 Å². The zero-order chi connectivity index (χ0) is 38.6. The van der Waals surface area contributed by atoms with E-state index in [1.807, 2.05) is 123 Å². The number of halogens is 1. The number of fused-ring (bicyclic) bond motifs is 2. The van der Waals surface area contributed by atoms with E-state index < -0.39 is 6.04 Å². The lowest BCUT2D eigenvalue weighted by molar-refractivity contribution is 0.413. The van der Waals surface area contributed by atoms with Crippen LogP contribution in [0.15, 0.2) is 158 Å². The van der Waals surface area contributed by atoms with Gasteiger partial charge < -0.3 is 30.9 Å². The van der Waals surface area contributed by atoms with E-state index in [0.717, 1.165) is 45.6 Å². The highest BCUT2D eigenvalue weighted by Crippen LogP contribution is 2.37. The third-order valence-electron chi connectivity index (χ3n) is 8.88. The first-order valence-electron chi connectivity index (χ1n) is 18.1. The molecule has 4 heterocycles. The number of benzene rings is 4. The van der Waals surface area contributed by atoms with E-state index in [4.69, 9.17) is 4.74 Å². The van der Waals surface area contributed by atoms with Gasteiger partial charge in [0.2, 0.25) is 0 Å². The predicted octanol–water partition coefficient (Wildman–Crippen LogP) is 9.33. The molecule has 9 nitrogen and oxygen atoms in total. The van der Waals surface area contributed by atoms with Crippen LogP contribution in [0.1, 0.15) is 48.2 Å². The minimum atomic E-state index is -0.406. The van der Waals surface area contributed by atoms with Gasteiger partial charge in [0.25, 0.3) is 0 Å². The van der Waals surface area contributed by atoms with E-state index in [1.165, 1.54) is 12.1 Å². The highest BCUT2D eigenvalue weighted by Gasteiger charge is 2.22. The van der Waals surface area contributed by atoms with Crippen LogP contribution in [0.25, 0.3) is 21.8 Å². The number of pyridine rings is 3. The second kappa shape index (κ2) is 18.2. The molecular formula is C45H43FN6O3. The third kappa shape index (κ3) is 9.00. The normalized spacial score (nSPS) is 12.8. The fourth-order valence-corrected chi connectivity index (χ4v) is 6.22. The molecule has 2 unspecified atom stereocenters. The maximum atomic E-state index is 13.4. The van der Waals surface area contributed by atoms with Crippen LogP contribution in [-0.2, 0) is 0 Å². The summed E-state index contributed by atoms with van der Waals surface area (Å²) in [5, 5.41) is 33.6. The summed E-state index contributed by atoms with van der Waals surface area (Å²) in [4.78, 5) is 12.9. The largest absolute Gasteiger partial charge is 0.505 e. The Kier molecular flexibility index (Phi) is 12.5. The summed E-state index contributed by atoms with van der Waals surface area (Å²) in [6.45, 7) is 4.76. The Morgan fingerprint density at radius 2 is 1.31 bits per heavy atom. The standard InChI is InChI=1S/C22H21N3O2.C21H16FN3O.C2H6/c1-27-17-8-4-6-16(14-17)20(25-19-9-2-3-12-23-19)18-11-10-15-7-5-13-24-21(15)22(18)26;22-16-9-6-15(7-10-16)19(25-18-5-1-2-12-23-18)17-11-8-14-4-3-13-24-20(14)21(17)26;1-2/h2-11,13-14,20,23,25-26H,12H2,1H3;1-13,19,26H,(H,23,25);1-2H3. The lowest BCUT2D eigenvalue weighted by Gasteiger charge is -2.25. The number of hydrogen-bond donors (Lipinski definition) is 5. The molecule has 0 saturated carbocycles. The van der Waals surface area contributed by atoms with Gasteiger partial charge in [0.05, 0.1) is 25.0 Å². The SMILES string of the molecule is CC.COc1cccc(C(NC2=CC=CCN2)c2ccc3cccnc3c2O)c1.Oc1c(C(Nc2ccccn2)c2ccc(F)cc2)ccc2cccnc12. The van der Waals surface area contributed by atoms with Crippen LogP contribution >= 0.6 is 0 Å². The van der Waals surface area contributed by atoms with Gasteiger partial charge in [0, 0.05) is 47.0 Å². The third-order valence-corrected chi connectivity index (χ3v) is 8.88. The first-order chi connectivity index (χ1) is 27.0. The number of phenols is 2. The van der Waals surface area contributed by atoms with Crippen molar-refractivity contribution in [3.05, 3.63) is 186 Å². The highest BCUT2D eigenvalue weighted by atomic mass is 19.1. The van der Waals surface area contributed by atoms with Crippen molar-refractivity contribution in [2.45, 2.75) is 25.9 Å². The van der Waals surface area contributed by atoms with E-state index in [2.05, 4.69) is 30.9 Å². The molecular weight excluding hydrogens is 692 g/mol. The molecule has 4 aromatic carbocycles. The molecule has 0 amide bonds. The number of aromatic nitrogens is 3. The molecule has 55 heavy (non-hydrogen) atoms. The van der Waals surface area contributed by atoms with Gasteiger partial charge in [-0.25, -0.2) is 9.37 Å². The number of nitrogens with one attached hydrogen (secondary N) is 3. The van der Waals surface area contributed by atoms with Crippen molar-refractivity contribution in [3.63, 3.8) is 0 Å². The number of dihydropyridines is 1. The average molecular weight is 735 g/mol. The Morgan fingerprint density at radius 1 is 0.673 bits per heavy atom. The Morgan fingerprint density at radius 3 is 1.89 bits per heavy atom. The van der Waals surface area contributed by atoms with Crippen LogP contribution < -0.4 is 20.7 Å². The minimum Gasteiger partial charge on any atom is -0.505 e. The molecule has 0 aliphatic carbocycles. The van der Waals surface area contributed by atoms with Crippen LogP contribution in [0, 0.1) is 5.82 Å². The number of phenolic OH excluding ortho intramolecular Hbond substituents is 2. The number of ether oxygens (including phenoxy) is 1. The van der Waals surface area contributed by atoms with Gasteiger partial charge in [0.1, 0.15) is 39.9 Å². The molecule has 1 aliphatic heterocycles. The van der Waals surface area contributed by atoms with Crippen LogP contribution in [0.4, 0.5) is 10.2 Å². The lowest BCUT2D eigenvalue weighted by atomic mass is 9.96. The van der Waals surface area contributed by atoms with E-state index in [-0.39, 0.29) is 23.4 Å². The number of methoxy groups -OCH3 is 1. The van der Waals surface area contributed by atoms with Gasteiger partial charge in [0.15, 0.2) is 0 Å². The molecule has 2 atom stereocenters. The number of hydrogen-bond acceptors (Lipinski definition) is 9. The number of anilines is 1. The topological polar surface area (TPSA) is 124 Å². The lowest BCUT2D eigenvalue weighted by Crippen LogP contribution is -2.31. The summed E-state index contributed by atoms with van der Waals surface area (Å²) < 4.78 is 18.8. The second-order valence-electron chi connectivity index (χ2n) is 12.2. The van der Waals surface area contributed by atoms with Crippen LogP contribution in [0.3, 0.4) is 0 Å². The molecule has 0 bridgehead atoms. The maximum absolute atomic E-state index is 13.4. The van der Waals surface area contributed by atoms with Gasteiger partial charge in [-0.15, -0.1) is 0 Å². The van der Waals surface area contributed by atoms with Gasteiger partial charge in [-0.3, -0.25) is 9.97 Å². The highest BCUT2D eigenvalue weighted by molar-refractivity contribution is 5.86. The molecule has 10 heteroatoms. The van der Waals surface area contributed by atoms with Crippen molar-refractivity contribution in [2.75, 3.05) is 19.0 Å². The summed E-state index contributed by atoms with van der Waals surface area (Å²) in [6, 6.07) is 34.1. The van der Waals surface area contributed by atoms with Crippen LogP contribution in [-0.4, -0.2) is 38.8 Å². The summed E-state index contributed by atoms with van der Waals surface area (Å²) >= 11 is 0. The molecule has 8 rings (SSSR count). The first-order valence-corrected chi connectivity index (χ1v) is 18.1. The van der Waals surface area contributed by atoms with Gasteiger partial charge in [-0.2, -0.15) is 0 Å². The van der Waals surface area contributed by atoms with Crippen molar-refractivity contribution in [3.8, 4) is 17.2 Å². The fraction of sp³-hybridized carbons (Fsp3) is 0.133. The monoisotopic (exact) mass is 734 g/mol. The molecule has 1 aliphatic rings. The number of allylic oxidation sites excluding steroid dienone is 2. The van der Waals surface area contributed by atoms with Crippen LogP contribution in [0.5, 0.6) is 17.2 Å². The molecule has 5 N–H and O–H groups in total. The Balaban J connectivity index is 0.000000179. The summed E-state index contributed by atoms with van der Waals surface area (Å²) in [5.74, 6) is 2.28. The van der Waals surface area contributed by atoms with E-state index in [1.54, 1.807) is 37.8 Å². The zero-order valence-corrected chi connectivity index (χ0v) is 30.8. The number of rotatable bonds is 9. The van der Waals surface area contributed by atoms with Gasteiger partial charge in [-0.1, -0.05) is 92.7 Å². The number of aromatic hydroxyl groups is 2. The smallest absolute Gasteiger partial charge is 0.147 e. The van der Waals surface area contributed by atoms with Crippen molar-refractivity contribution < 1.29 is 19.3 Å². The Labute approximate surface area is 319 Å². The molecule has 0 spiro atoms. The molecule has 3 aromatic heterocycles. The van der Waals surface area contributed by atoms with Gasteiger partial charge >= 0.3 is 0 Å². The van der Waals surface area contributed by atoms with E-state index in [0.29, 0.717) is 22.4 Å². The maximum Gasteiger partial charge on any atom is 0.147 e. The molecule has 0 fully saturated rings. The predicted molar refractivity (Wildman–Crippen MR) is 217 cm³/mol. The number of nitrogens with zero attached hydrogens (tertiary/aromatic N) is 3. The average Bonchev–Trinajstić information content (AvgIpc) is 3.25. The van der Waals surface area contributed by atoms with Crippen molar-refractivity contribution in [2.24, 2.45) is 0 Å². The molecule has 7 aromatic rings. The molecule has 0 radical (unpaired) electrons. The van der Waals surface area contributed by atoms with E-state index >= 15 is 0 Å². The van der Waals surface area contributed by atoms with Crippen molar-refractivity contribution in [1.82, 2.24) is 25.6 Å². The minimum absolute atomic E-state index is 0.0980. The van der Waals surface area contributed by atoms with Crippen molar-refractivity contribution in [1.29, 1.82) is 0 Å². The summed E-state index contributed by atoms with van der Waals surface area (Å²) in [6.07, 6.45) is 11.0. The summed E-state index contributed by atoms with van der Waals surface area (Å²) in [7, 11) is 1.65. The first kappa shape index (κ1) is 37.8. The zero-order valence-electron chi connectivity index (χ0n) is 30.8. The Bertz CT molecular complexity index is 2400. The molecule has 0 saturated heterocycles. The second-order valence-corrected chi connectivity index (χ2v) is 12.2. The fourth-order valence-electron chi connectivity index (χ4n) is 6.22. The Hall–Kier alpha value is -6.94. The molecule has 278 valence electrons. The van der Waals surface area contributed by atoms with Crippen molar-refractivity contribution >= 4 is 27.6 Å². The quantitative estimate of drug-likeness (QED) is 0.0987.